The molecule has 0 bridgehead atoms. The van der Waals surface area contributed by atoms with Crippen molar-refractivity contribution in [2.24, 2.45) is 0 Å². The first-order valence-electron chi connectivity index (χ1n) is 12.3. The normalized spacial score (nSPS) is 10.8. The first-order chi connectivity index (χ1) is 18.6. The van der Waals surface area contributed by atoms with Gasteiger partial charge in [-0.25, -0.2) is 15.0 Å². The molecular formula is C33H24N4O. The van der Waals surface area contributed by atoms with Gasteiger partial charge in [0.15, 0.2) is 17.5 Å². The van der Waals surface area contributed by atoms with Crippen molar-refractivity contribution in [1.29, 1.82) is 0 Å². The molecule has 0 atom stereocenters. The number of nitrogens with zero attached hydrogens (tertiary/aromatic N) is 3. The van der Waals surface area contributed by atoms with E-state index in [1.54, 1.807) is 12.1 Å². The molecule has 1 heterocycles. The Hall–Kier alpha value is -5.29. The van der Waals surface area contributed by atoms with E-state index < -0.39 is 0 Å². The fraction of sp³-hybridized carbons (Fsp3) is 0. The van der Waals surface area contributed by atoms with Crippen LogP contribution in [0.2, 0.25) is 0 Å². The van der Waals surface area contributed by atoms with E-state index in [1.165, 1.54) is 6.07 Å². The molecular weight excluding hydrogens is 468 g/mol. The van der Waals surface area contributed by atoms with E-state index in [0.29, 0.717) is 28.7 Å². The number of hydrogen-bond acceptors (Lipinski definition) is 5. The molecule has 5 heteroatoms. The number of nitrogen functional groups attached to an aromatic ring is 1. The summed E-state index contributed by atoms with van der Waals surface area (Å²) in [7, 11) is 0. The summed E-state index contributed by atoms with van der Waals surface area (Å²) < 4.78 is 0. The zero-order valence-electron chi connectivity index (χ0n) is 20.5. The van der Waals surface area contributed by atoms with Crippen LogP contribution in [0.15, 0.2) is 127 Å². The summed E-state index contributed by atoms with van der Waals surface area (Å²) >= 11 is 0. The third kappa shape index (κ3) is 4.73. The molecule has 0 saturated heterocycles. The Labute approximate surface area is 221 Å². The minimum atomic E-state index is 0.0203. The third-order valence-electron chi connectivity index (χ3n) is 6.40. The Kier molecular flexibility index (Phi) is 6.08. The second-order valence-corrected chi connectivity index (χ2v) is 8.97. The second-order valence-electron chi connectivity index (χ2n) is 8.97. The maximum Gasteiger partial charge on any atom is 0.167 e. The molecule has 1 aromatic heterocycles. The van der Waals surface area contributed by atoms with Crippen LogP contribution in [0.25, 0.3) is 56.4 Å². The predicted molar refractivity (Wildman–Crippen MR) is 153 cm³/mol. The van der Waals surface area contributed by atoms with Crippen LogP contribution in [0.5, 0.6) is 5.75 Å². The van der Waals surface area contributed by atoms with E-state index in [2.05, 4.69) is 48.5 Å². The topological polar surface area (TPSA) is 84.9 Å². The monoisotopic (exact) mass is 492 g/mol. The van der Waals surface area contributed by atoms with Gasteiger partial charge in [0.25, 0.3) is 0 Å². The molecule has 0 spiro atoms. The number of aromatic hydroxyl groups is 1. The highest BCUT2D eigenvalue weighted by Gasteiger charge is 2.15. The number of rotatable bonds is 5. The molecule has 0 saturated carbocycles. The Bertz CT molecular complexity index is 1600. The molecule has 0 unspecified atom stereocenters. The summed E-state index contributed by atoms with van der Waals surface area (Å²) in [6.45, 7) is 0. The number of anilines is 1. The summed E-state index contributed by atoms with van der Waals surface area (Å²) in [5.74, 6) is 1.44. The average molecular weight is 493 g/mol. The maximum absolute atomic E-state index is 10.6. The number of phenols is 1. The van der Waals surface area contributed by atoms with Crippen molar-refractivity contribution in [3.05, 3.63) is 127 Å². The first kappa shape index (κ1) is 23.1. The van der Waals surface area contributed by atoms with Gasteiger partial charge in [-0.15, -0.1) is 0 Å². The van der Waals surface area contributed by atoms with Crippen molar-refractivity contribution in [3.8, 4) is 62.2 Å². The summed E-state index contributed by atoms with van der Waals surface area (Å²) in [4.78, 5) is 14.3. The molecule has 0 aliphatic heterocycles. The Morgan fingerprint density at radius 2 is 0.816 bits per heavy atom. The van der Waals surface area contributed by atoms with Crippen LogP contribution in [0, 0.1) is 0 Å². The van der Waals surface area contributed by atoms with Crippen LogP contribution in [-0.2, 0) is 0 Å². The van der Waals surface area contributed by atoms with Gasteiger partial charge < -0.3 is 10.8 Å². The van der Waals surface area contributed by atoms with Crippen LogP contribution in [-0.4, -0.2) is 20.1 Å². The molecule has 6 rings (SSSR count). The highest BCUT2D eigenvalue weighted by atomic mass is 16.3. The molecule has 0 fully saturated rings. The lowest BCUT2D eigenvalue weighted by Crippen LogP contribution is -2.00. The number of nitrogens with two attached hydrogens (primary N) is 1. The summed E-state index contributed by atoms with van der Waals surface area (Å²) in [6.07, 6.45) is 0. The second kappa shape index (κ2) is 9.99. The number of aromatic nitrogens is 3. The van der Waals surface area contributed by atoms with Gasteiger partial charge in [-0.2, -0.15) is 0 Å². The molecule has 0 aliphatic carbocycles. The molecule has 38 heavy (non-hydrogen) atoms. The van der Waals surface area contributed by atoms with Crippen molar-refractivity contribution < 1.29 is 5.11 Å². The van der Waals surface area contributed by atoms with E-state index in [1.807, 2.05) is 60.7 Å². The highest BCUT2D eigenvalue weighted by molar-refractivity contribution is 5.74. The van der Waals surface area contributed by atoms with E-state index in [9.17, 15) is 5.11 Å². The van der Waals surface area contributed by atoms with Gasteiger partial charge in [-0.3, -0.25) is 0 Å². The number of hydrogen-bond donors (Lipinski definition) is 2. The SMILES string of the molecule is Nc1ccc(-c2nc(-c3ccc(-c4ccccc4)cc3)nc(-c3ccc(-c4ccccc4)cc3)n2)c(O)c1. The first-order valence-corrected chi connectivity index (χ1v) is 12.3. The van der Waals surface area contributed by atoms with Gasteiger partial charge in [0.1, 0.15) is 5.75 Å². The molecule has 5 aromatic carbocycles. The van der Waals surface area contributed by atoms with Gasteiger partial charge in [0.2, 0.25) is 0 Å². The third-order valence-corrected chi connectivity index (χ3v) is 6.40. The highest BCUT2D eigenvalue weighted by Crippen LogP contribution is 2.32. The number of benzene rings is 5. The zero-order valence-corrected chi connectivity index (χ0v) is 20.5. The van der Waals surface area contributed by atoms with Gasteiger partial charge in [-0.1, -0.05) is 109 Å². The van der Waals surface area contributed by atoms with Crippen LogP contribution >= 0.6 is 0 Å². The number of phenolic OH excluding ortho intramolecular Hbond substituents is 1. The lowest BCUT2D eigenvalue weighted by atomic mass is 10.0. The molecule has 6 aromatic rings. The zero-order chi connectivity index (χ0) is 25.9. The predicted octanol–water partition coefficient (Wildman–Crippen LogP) is 7.49. The molecule has 0 aliphatic rings. The van der Waals surface area contributed by atoms with Crippen molar-refractivity contribution in [2.75, 3.05) is 5.73 Å². The average Bonchev–Trinajstić information content (AvgIpc) is 2.98. The van der Waals surface area contributed by atoms with Crippen LogP contribution in [0.4, 0.5) is 5.69 Å². The molecule has 3 N–H and O–H groups in total. The van der Waals surface area contributed by atoms with E-state index >= 15 is 0 Å². The van der Waals surface area contributed by atoms with E-state index in [4.69, 9.17) is 20.7 Å². The Morgan fingerprint density at radius 1 is 0.421 bits per heavy atom. The summed E-state index contributed by atoms with van der Waals surface area (Å²) in [5.41, 5.74) is 13.0. The smallest absolute Gasteiger partial charge is 0.167 e. The van der Waals surface area contributed by atoms with Crippen LogP contribution in [0.3, 0.4) is 0 Å². The van der Waals surface area contributed by atoms with Gasteiger partial charge in [0, 0.05) is 22.9 Å². The molecule has 5 nitrogen and oxygen atoms in total. The Balaban J connectivity index is 1.44. The fourth-order valence-electron chi connectivity index (χ4n) is 4.38. The quantitative estimate of drug-likeness (QED) is 0.244. The van der Waals surface area contributed by atoms with E-state index in [0.717, 1.165) is 33.4 Å². The van der Waals surface area contributed by atoms with Crippen molar-refractivity contribution in [3.63, 3.8) is 0 Å². The Morgan fingerprint density at radius 3 is 1.26 bits per heavy atom. The van der Waals surface area contributed by atoms with Crippen LogP contribution in [0.1, 0.15) is 0 Å². The van der Waals surface area contributed by atoms with Gasteiger partial charge in [-0.05, 0) is 34.4 Å². The van der Waals surface area contributed by atoms with Crippen molar-refractivity contribution >= 4 is 5.69 Å². The molecule has 182 valence electrons. The van der Waals surface area contributed by atoms with Crippen molar-refractivity contribution in [1.82, 2.24) is 15.0 Å². The summed E-state index contributed by atoms with van der Waals surface area (Å²) in [6, 6.07) is 41.6. The minimum Gasteiger partial charge on any atom is -0.507 e. The van der Waals surface area contributed by atoms with Gasteiger partial charge in [0.05, 0.1) is 5.56 Å². The lowest BCUT2D eigenvalue weighted by Gasteiger charge is -2.11. The summed E-state index contributed by atoms with van der Waals surface area (Å²) in [5, 5.41) is 10.6. The van der Waals surface area contributed by atoms with Gasteiger partial charge >= 0.3 is 0 Å². The molecule has 0 amide bonds. The standard InChI is InChI=1S/C33H24N4O/c34-28-19-20-29(30(38)21-28)33-36-31(26-15-11-24(12-16-26)22-7-3-1-4-8-22)35-32(37-33)27-17-13-25(14-18-27)23-9-5-2-6-10-23/h1-21,38H,34H2. The van der Waals surface area contributed by atoms with Crippen LogP contribution < -0.4 is 5.73 Å². The lowest BCUT2D eigenvalue weighted by molar-refractivity contribution is 0.477. The molecule has 0 radical (unpaired) electrons. The largest absolute Gasteiger partial charge is 0.507 e. The maximum atomic E-state index is 10.6. The van der Waals surface area contributed by atoms with Crippen molar-refractivity contribution in [2.45, 2.75) is 0 Å². The minimum absolute atomic E-state index is 0.0203. The fourth-order valence-corrected chi connectivity index (χ4v) is 4.38. The van der Waals surface area contributed by atoms with E-state index in [-0.39, 0.29) is 5.75 Å².